The number of hydrogen-bond donors (Lipinski definition) is 0. The average molecular weight is 326 g/mol. The van der Waals surface area contributed by atoms with Crippen molar-refractivity contribution >= 4 is 19.3 Å². The Morgan fingerprint density at radius 1 is 1.30 bits per heavy atom. The van der Waals surface area contributed by atoms with Gasteiger partial charge in [-0.3, -0.25) is 0 Å². The number of rotatable bonds is 2. The first-order chi connectivity index (χ1) is 9.32. The molecule has 0 heterocycles. The minimum atomic E-state index is -1.79. The first kappa shape index (κ1) is 14.0. The van der Waals surface area contributed by atoms with E-state index in [0.29, 0.717) is 5.92 Å². The molecule has 20 heavy (non-hydrogen) atoms. The van der Waals surface area contributed by atoms with Crippen LogP contribution < -0.4 is 0 Å². The van der Waals surface area contributed by atoms with Crippen LogP contribution in [0.25, 0.3) is 6.08 Å². The maximum absolute atomic E-state index is 9.82. The maximum atomic E-state index is 9.82. The average Bonchev–Trinajstić information content (AvgIpc) is 2.39. The molecular weight excluding hydrogens is 303 g/mol. The molecule has 1 saturated carbocycles. The fourth-order valence-corrected chi connectivity index (χ4v) is 9.75. The molecule has 0 saturated heterocycles. The van der Waals surface area contributed by atoms with Crippen LogP contribution in [0.3, 0.4) is 0 Å². The van der Waals surface area contributed by atoms with Crippen molar-refractivity contribution in [2.45, 2.75) is 41.3 Å². The SMILES string of the molecule is CC1(C#N)CC2C=Cc3ccccc3C21[CH2][Ge]([CH3])([CH3])[CH3]. The van der Waals surface area contributed by atoms with Crippen molar-refractivity contribution in [2.75, 3.05) is 0 Å². The molecule has 1 nitrogen and oxygen atoms in total. The van der Waals surface area contributed by atoms with Gasteiger partial charge in [0, 0.05) is 0 Å². The summed E-state index contributed by atoms with van der Waals surface area (Å²) in [4.78, 5) is 0. The first-order valence-electron chi connectivity index (χ1n) is 7.51. The zero-order chi connectivity index (χ0) is 14.6. The van der Waals surface area contributed by atoms with E-state index in [1.807, 2.05) is 0 Å². The molecule has 0 spiro atoms. The topological polar surface area (TPSA) is 23.8 Å². The van der Waals surface area contributed by atoms with Gasteiger partial charge >= 0.3 is 125 Å². The molecule has 3 rings (SSSR count). The molecule has 0 bridgehead atoms. The number of nitriles is 1. The van der Waals surface area contributed by atoms with Gasteiger partial charge in [0.15, 0.2) is 0 Å². The van der Waals surface area contributed by atoms with Crippen molar-refractivity contribution in [1.29, 1.82) is 5.26 Å². The summed E-state index contributed by atoms with van der Waals surface area (Å²) in [7, 11) is 0. The van der Waals surface area contributed by atoms with E-state index in [0.717, 1.165) is 6.42 Å². The van der Waals surface area contributed by atoms with Crippen LogP contribution >= 0.6 is 0 Å². The molecule has 3 atom stereocenters. The summed E-state index contributed by atoms with van der Waals surface area (Å²) in [5.41, 5.74) is 2.64. The molecule has 0 N–H and O–H groups in total. The zero-order valence-corrected chi connectivity index (χ0v) is 15.0. The molecule has 104 valence electrons. The standard InChI is InChI=1S/C18H23GeN/c1-17(13-20)11-15-10-9-14-7-5-6-8-16(14)18(15,17)12-19(2,3)4/h5-10,15H,11-12H2,1-4H3. The number of allylic oxidation sites excluding steroid dienone is 1. The van der Waals surface area contributed by atoms with E-state index in [-0.39, 0.29) is 10.8 Å². The molecule has 0 aliphatic heterocycles. The molecule has 1 fully saturated rings. The molecule has 3 unspecified atom stereocenters. The molecular formula is C18H23GeN. The van der Waals surface area contributed by atoms with Gasteiger partial charge in [-0.1, -0.05) is 0 Å². The fraction of sp³-hybridized carbons (Fsp3) is 0.500. The Bertz CT molecular complexity index is 619. The van der Waals surface area contributed by atoms with Crippen molar-refractivity contribution in [3.63, 3.8) is 0 Å². The molecule has 0 amide bonds. The van der Waals surface area contributed by atoms with E-state index in [4.69, 9.17) is 0 Å². The Morgan fingerprint density at radius 2 is 2.00 bits per heavy atom. The first-order valence-corrected chi connectivity index (χ1v) is 15.3. The Hall–Kier alpha value is -1.01. The van der Waals surface area contributed by atoms with Crippen LogP contribution in [0.5, 0.6) is 0 Å². The summed E-state index contributed by atoms with van der Waals surface area (Å²) in [6.07, 6.45) is 5.66. The third-order valence-corrected chi connectivity index (χ3v) is 8.65. The van der Waals surface area contributed by atoms with Gasteiger partial charge < -0.3 is 0 Å². The van der Waals surface area contributed by atoms with Crippen molar-refractivity contribution in [3.05, 3.63) is 41.5 Å². The predicted molar refractivity (Wildman–Crippen MR) is 87.1 cm³/mol. The van der Waals surface area contributed by atoms with Crippen LogP contribution in [-0.4, -0.2) is 13.3 Å². The minimum absolute atomic E-state index is 0.0747. The quantitative estimate of drug-likeness (QED) is 0.714. The van der Waals surface area contributed by atoms with E-state index >= 15 is 0 Å². The summed E-state index contributed by atoms with van der Waals surface area (Å²) in [5, 5.41) is 11.1. The number of fused-ring (bicyclic) bond motifs is 3. The summed E-state index contributed by atoms with van der Waals surface area (Å²) in [6.45, 7) is 2.19. The summed E-state index contributed by atoms with van der Waals surface area (Å²) >= 11 is -1.79. The van der Waals surface area contributed by atoms with Crippen LogP contribution in [-0.2, 0) is 5.41 Å². The van der Waals surface area contributed by atoms with Gasteiger partial charge in [-0.05, 0) is 0 Å². The fourth-order valence-electron chi connectivity index (χ4n) is 4.48. The van der Waals surface area contributed by atoms with Gasteiger partial charge in [-0.2, -0.15) is 0 Å². The second kappa shape index (κ2) is 4.24. The molecule has 1 aromatic rings. The van der Waals surface area contributed by atoms with Gasteiger partial charge in [0.25, 0.3) is 0 Å². The van der Waals surface area contributed by atoms with Crippen molar-refractivity contribution < 1.29 is 0 Å². The second-order valence-corrected chi connectivity index (χ2v) is 19.4. The van der Waals surface area contributed by atoms with Crippen molar-refractivity contribution in [1.82, 2.24) is 0 Å². The van der Waals surface area contributed by atoms with E-state index < -0.39 is 13.3 Å². The van der Waals surface area contributed by atoms with Crippen LogP contribution in [0, 0.1) is 22.7 Å². The molecule has 2 heteroatoms. The van der Waals surface area contributed by atoms with Gasteiger partial charge in [0.1, 0.15) is 0 Å². The second-order valence-electron chi connectivity index (χ2n) is 7.91. The Balaban J connectivity index is 2.21. The Labute approximate surface area is 125 Å². The predicted octanol–water partition coefficient (Wildman–Crippen LogP) is 4.84. The Kier molecular flexibility index (Phi) is 2.96. The Morgan fingerprint density at radius 3 is 2.65 bits per heavy atom. The summed E-state index contributed by atoms with van der Waals surface area (Å²) in [6, 6.07) is 11.4. The monoisotopic (exact) mass is 327 g/mol. The van der Waals surface area contributed by atoms with E-state index in [1.54, 1.807) is 0 Å². The van der Waals surface area contributed by atoms with Crippen LogP contribution in [0.4, 0.5) is 0 Å². The van der Waals surface area contributed by atoms with E-state index in [1.165, 1.54) is 16.4 Å². The molecule has 2 aliphatic carbocycles. The third kappa shape index (κ3) is 1.74. The van der Waals surface area contributed by atoms with Crippen LogP contribution in [0.2, 0.25) is 22.5 Å². The van der Waals surface area contributed by atoms with Crippen molar-refractivity contribution in [2.24, 2.45) is 11.3 Å². The summed E-state index contributed by atoms with van der Waals surface area (Å²) in [5.74, 6) is 7.99. The number of nitrogens with zero attached hydrogens (tertiary/aromatic N) is 1. The van der Waals surface area contributed by atoms with Crippen LogP contribution in [0.15, 0.2) is 30.3 Å². The third-order valence-electron chi connectivity index (χ3n) is 5.25. The van der Waals surface area contributed by atoms with Gasteiger partial charge in [0.2, 0.25) is 0 Å². The van der Waals surface area contributed by atoms with Gasteiger partial charge in [0.05, 0.1) is 0 Å². The van der Waals surface area contributed by atoms with Crippen molar-refractivity contribution in [3.8, 4) is 6.07 Å². The summed E-state index contributed by atoms with van der Waals surface area (Å²) < 4.78 is 0. The van der Waals surface area contributed by atoms with Crippen LogP contribution in [0.1, 0.15) is 24.5 Å². The molecule has 0 radical (unpaired) electrons. The molecule has 0 aromatic heterocycles. The van der Waals surface area contributed by atoms with Gasteiger partial charge in [-0.15, -0.1) is 0 Å². The number of benzene rings is 1. The molecule has 1 aromatic carbocycles. The number of hydrogen-bond acceptors (Lipinski definition) is 1. The van der Waals surface area contributed by atoms with E-state index in [2.05, 4.69) is 66.7 Å². The zero-order valence-electron chi connectivity index (χ0n) is 12.9. The van der Waals surface area contributed by atoms with Gasteiger partial charge in [-0.25, -0.2) is 0 Å². The normalized spacial score (nSPS) is 34.6. The van der Waals surface area contributed by atoms with E-state index in [9.17, 15) is 5.26 Å². The molecule has 2 aliphatic rings.